The summed E-state index contributed by atoms with van der Waals surface area (Å²) < 4.78 is 31.0. The predicted octanol–water partition coefficient (Wildman–Crippen LogP) is 6.26. The summed E-state index contributed by atoms with van der Waals surface area (Å²) in [5.74, 6) is -0.201. The van der Waals surface area contributed by atoms with E-state index in [1.165, 1.54) is 24.3 Å². The Morgan fingerprint density at radius 2 is 1.56 bits per heavy atom. The summed E-state index contributed by atoms with van der Waals surface area (Å²) in [6.07, 6.45) is 1.87. The Labute approximate surface area is 231 Å². The molecule has 4 aromatic carbocycles. The smallest absolute Gasteiger partial charge is 0.356 e. The number of para-hydroxylation sites is 1. The average molecular weight is 564 g/mol. The Kier molecular flexibility index (Phi) is 7.82. The molecule has 1 fully saturated rings. The van der Waals surface area contributed by atoms with Gasteiger partial charge in [-0.25, -0.2) is 4.39 Å². The predicted molar refractivity (Wildman–Crippen MR) is 154 cm³/mol. The van der Waals surface area contributed by atoms with Gasteiger partial charge in [0.1, 0.15) is 23.7 Å². The Morgan fingerprint density at radius 3 is 2.21 bits per heavy atom. The third kappa shape index (κ3) is 6.05. The highest BCUT2D eigenvalue weighted by Crippen LogP contribution is 2.43. The minimum Gasteiger partial charge on any atom is -0.508 e. The molecule has 39 heavy (non-hydrogen) atoms. The first kappa shape index (κ1) is 27.0. The quantitative estimate of drug-likeness (QED) is 0.172. The van der Waals surface area contributed by atoms with Crippen molar-refractivity contribution >= 4 is 36.0 Å². The number of thiocarbonyl (C=S) groups is 1. The molecule has 1 aliphatic heterocycles. The number of anilines is 1. The fraction of sp³-hybridized carbons (Fsp3) is 0.167. The van der Waals surface area contributed by atoms with Gasteiger partial charge >= 0.3 is 7.60 Å². The molecule has 0 radical (unpaired) electrons. The normalized spacial score (nSPS) is 17.3. The van der Waals surface area contributed by atoms with Gasteiger partial charge in [0.05, 0.1) is 5.30 Å². The average Bonchev–Trinajstić information content (AvgIpc) is 3.25. The second-order valence-corrected chi connectivity index (χ2v) is 11.4. The highest BCUT2D eigenvalue weighted by atomic mass is 32.1. The van der Waals surface area contributed by atoms with E-state index in [2.05, 4.69) is 0 Å². The van der Waals surface area contributed by atoms with Crippen molar-refractivity contribution in [2.45, 2.75) is 31.4 Å². The number of halogens is 1. The monoisotopic (exact) mass is 563 g/mol. The first-order valence-electron chi connectivity index (χ1n) is 12.5. The van der Waals surface area contributed by atoms with Crippen molar-refractivity contribution < 1.29 is 28.6 Å². The molecular weight excluding hydrogens is 536 g/mol. The molecule has 2 atom stereocenters. The van der Waals surface area contributed by atoms with Crippen LogP contribution in [0.1, 0.15) is 30.0 Å². The lowest BCUT2D eigenvalue weighted by molar-refractivity contribution is 0.190. The highest BCUT2D eigenvalue weighted by molar-refractivity contribution is 7.80. The fourth-order valence-electron chi connectivity index (χ4n) is 4.92. The van der Waals surface area contributed by atoms with Gasteiger partial charge in [0.25, 0.3) is 5.17 Å². The van der Waals surface area contributed by atoms with E-state index < -0.39 is 7.60 Å². The number of aryl methyl sites for hydroxylation is 1. The maximum Gasteiger partial charge on any atom is 0.356 e. The first-order valence-corrected chi connectivity index (χ1v) is 14.5. The Hall–Kier alpha value is -3.55. The molecule has 9 heteroatoms. The van der Waals surface area contributed by atoms with Crippen LogP contribution in [0.15, 0.2) is 97.1 Å². The number of benzene rings is 4. The van der Waals surface area contributed by atoms with Gasteiger partial charge in [-0.3, -0.25) is 9.46 Å². The van der Waals surface area contributed by atoms with Gasteiger partial charge in [0, 0.05) is 11.3 Å². The minimum atomic E-state index is -4.34. The lowest BCUT2D eigenvalue weighted by Gasteiger charge is -2.27. The van der Waals surface area contributed by atoms with Gasteiger partial charge in [-0.1, -0.05) is 54.6 Å². The van der Waals surface area contributed by atoms with Gasteiger partial charge in [-0.2, -0.15) is 0 Å². The summed E-state index contributed by atoms with van der Waals surface area (Å²) in [5.41, 5.74) is 3.95. The summed E-state index contributed by atoms with van der Waals surface area (Å²) in [5, 5.41) is 11.5. The van der Waals surface area contributed by atoms with Crippen LogP contribution in [0.25, 0.3) is 11.1 Å². The molecule has 2 unspecified atom stereocenters. The van der Waals surface area contributed by atoms with Crippen LogP contribution in [-0.4, -0.2) is 26.2 Å². The lowest BCUT2D eigenvalue weighted by atomic mass is 9.93. The fourth-order valence-corrected chi connectivity index (χ4v) is 5.80. The molecule has 0 aromatic heterocycles. The van der Waals surface area contributed by atoms with Crippen LogP contribution in [0.4, 0.5) is 10.1 Å². The molecule has 0 amide bonds. The molecule has 1 saturated heterocycles. The molecule has 1 heterocycles. The number of ether oxygens (including phenoxy) is 1. The molecule has 0 bridgehead atoms. The number of hydrogen-bond acceptors (Lipinski definition) is 4. The van der Waals surface area contributed by atoms with Gasteiger partial charge < -0.3 is 19.6 Å². The Bertz CT molecular complexity index is 1510. The number of phenols is 1. The zero-order chi connectivity index (χ0) is 27.6. The third-order valence-electron chi connectivity index (χ3n) is 6.87. The van der Waals surface area contributed by atoms with E-state index in [4.69, 9.17) is 17.0 Å². The van der Waals surface area contributed by atoms with Crippen molar-refractivity contribution in [1.82, 2.24) is 0 Å². The second-order valence-electron chi connectivity index (χ2n) is 9.46. The minimum absolute atomic E-state index is 0.0642. The SMILES string of the molecule is O=P(O)(O)c1ccc(-c2ccc(C3C(CCCc4ccc(F)cc4)OC(=S)N3c3ccccc3)c(O)c2)cc1. The number of nitrogens with zero attached hydrogens (tertiary/aromatic N) is 1. The summed E-state index contributed by atoms with van der Waals surface area (Å²) in [6.45, 7) is 0. The van der Waals surface area contributed by atoms with Crippen LogP contribution < -0.4 is 10.2 Å². The summed E-state index contributed by atoms with van der Waals surface area (Å²) in [6, 6.07) is 27.1. The van der Waals surface area contributed by atoms with Crippen molar-refractivity contribution in [3.8, 4) is 16.9 Å². The standard InChI is InChI=1S/C30H27FNO5PS/c31-23-14-9-20(10-15-23)5-4-8-28-29(32(30(39)37-28)24-6-2-1-3-7-24)26-18-13-22(19-27(26)33)21-11-16-25(17-12-21)38(34,35)36/h1-3,6-7,9-19,28-29,33H,4-5,8H2,(H2,34,35,36). The van der Waals surface area contributed by atoms with E-state index in [0.717, 1.165) is 24.1 Å². The van der Waals surface area contributed by atoms with E-state index in [1.807, 2.05) is 47.4 Å². The topological polar surface area (TPSA) is 90.2 Å². The number of phenolic OH excluding ortho intramolecular Hbond substituents is 1. The van der Waals surface area contributed by atoms with Crippen molar-refractivity contribution in [1.29, 1.82) is 0 Å². The molecular formula is C30H27FNO5PS. The maximum absolute atomic E-state index is 13.3. The lowest BCUT2D eigenvalue weighted by Crippen LogP contribution is -2.29. The molecule has 0 saturated carbocycles. The summed E-state index contributed by atoms with van der Waals surface area (Å²) in [4.78, 5) is 20.7. The number of rotatable bonds is 8. The van der Waals surface area contributed by atoms with Gasteiger partial charge in [0.15, 0.2) is 0 Å². The molecule has 3 N–H and O–H groups in total. The number of hydrogen-bond donors (Lipinski definition) is 3. The van der Waals surface area contributed by atoms with Crippen LogP contribution in [0.2, 0.25) is 0 Å². The van der Waals surface area contributed by atoms with Crippen molar-refractivity contribution in [2.75, 3.05) is 4.90 Å². The first-order chi connectivity index (χ1) is 18.7. The van der Waals surface area contributed by atoms with Crippen LogP contribution >= 0.6 is 19.8 Å². The molecule has 4 aromatic rings. The molecule has 0 spiro atoms. The van der Waals surface area contributed by atoms with Crippen LogP contribution in [0.5, 0.6) is 5.75 Å². The van der Waals surface area contributed by atoms with E-state index in [0.29, 0.717) is 28.3 Å². The van der Waals surface area contributed by atoms with Crippen molar-refractivity contribution in [2.24, 2.45) is 0 Å². The van der Waals surface area contributed by atoms with Crippen LogP contribution in [0, 0.1) is 5.82 Å². The summed E-state index contributed by atoms with van der Waals surface area (Å²) >= 11 is 5.64. The second kappa shape index (κ2) is 11.3. The maximum atomic E-state index is 13.3. The van der Waals surface area contributed by atoms with E-state index in [-0.39, 0.29) is 29.0 Å². The van der Waals surface area contributed by atoms with E-state index in [1.54, 1.807) is 30.3 Å². The molecule has 0 aliphatic carbocycles. The molecule has 200 valence electrons. The molecule has 5 rings (SSSR count). The van der Waals surface area contributed by atoms with Gasteiger partial charge in [0.2, 0.25) is 0 Å². The number of aromatic hydroxyl groups is 1. The highest BCUT2D eigenvalue weighted by Gasteiger charge is 2.42. The zero-order valence-corrected chi connectivity index (χ0v) is 22.6. The van der Waals surface area contributed by atoms with Gasteiger partial charge in [-0.05, 0) is 90.6 Å². The summed E-state index contributed by atoms with van der Waals surface area (Å²) in [7, 11) is -4.34. The van der Waals surface area contributed by atoms with Crippen molar-refractivity contribution in [3.63, 3.8) is 0 Å². The Morgan fingerprint density at radius 1 is 0.897 bits per heavy atom. The van der Waals surface area contributed by atoms with Gasteiger partial charge in [-0.15, -0.1) is 0 Å². The van der Waals surface area contributed by atoms with E-state index >= 15 is 0 Å². The van der Waals surface area contributed by atoms with Crippen molar-refractivity contribution in [3.05, 3.63) is 114 Å². The molecule has 1 aliphatic rings. The molecule has 6 nitrogen and oxygen atoms in total. The van der Waals surface area contributed by atoms with Crippen LogP contribution in [0.3, 0.4) is 0 Å². The van der Waals surface area contributed by atoms with Crippen LogP contribution in [-0.2, 0) is 15.7 Å². The zero-order valence-electron chi connectivity index (χ0n) is 20.9. The Balaban J connectivity index is 1.43. The largest absolute Gasteiger partial charge is 0.508 e. The third-order valence-corrected chi connectivity index (χ3v) is 8.13. The van der Waals surface area contributed by atoms with E-state index in [9.17, 15) is 23.8 Å².